The quantitative estimate of drug-likeness (QED) is 0.644. The highest BCUT2D eigenvalue weighted by atomic mass is 16.1. The van der Waals surface area contributed by atoms with Gasteiger partial charge in [-0.3, -0.25) is 4.79 Å². The van der Waals surface area contributed by atoms with Gasteiger partial charge in [-0.15, -0.1) is 5.10 Å². The fourth-order valence-electron chi connectivity index (χ4n) is 1.37. The van der Waals surface area contributed by atoms with Crippen LogP contribution in [0, 0.1) is 0 Å². The minimum atomic E-state index is -0.233. The Labute approximate surface area is 86.2 Å². The molecule has 0 atom stereocenters. The van der Waals surface area contributed by atoms with Crippen LogP contribution in [0.15, 0.2) is 17.1 Å². The topological polar surface area (TPSA) is 63.9 Å². The number of hydrogen-bond acceptors (Lipinski definition) is 5. The van der Waals surface area contributed by atoms with E-state index in [0.29, 0.717) is 11.0 Å². The average molecular weight is 205 g/mol. The van der Waals surface area contributed by atoms with Gasteiger partial charge in [0.05, 0.1) is 5.69 Å². The molecule has 0 unspecified atom stereocenters. The van der Waals surface area contributed by atoms with E-state index >= 15 is 0 Å². The molecule has 0 aliphatic heterocycles. The van der Waals surface area contributed by atoms with Gasteiger partial charge in [-0.1, -0.05) is 5.21 Å². The lowest BCUT2D eigenvalue weighted by Crippen LogP contribution is -2.23. The van der Waals surface area contributed by atoms with Gasteiger partial charge in [-0.2, -0.15) is 0 Å². The molecule has 0 aromatic carbocycles. The van der Waals surface area contributed by atoms with E-state index in [1.54, 1.807) is 19.3 Å². The van der Waals surface area contributed by atoms with Crippen LogP contribution in [0.25, 0.3) is 11.0 Å². The molecule has 6 nitrogen and oxygen atoms in total. The number of anilines is 1. The molecule has 0 bridgehead atoms. The SMILES string of the molecule is CN(C)c1ccnc2c(=O)n(C)nnc12. The van der Waals surface area contributed by atoms with Crippen LogP contribution >= 0.6 is 0 Å². The van der Waals surface area contributed by atoms with Gasteiger partial charge >= 0.3 is 0 Å². The number of fused-ring (bicyclic) bond motifs is 1. The van der Waals surface area contributed by atoms with Gasteiger partial charge in [0.2, 0.25) is 0 Å². The average Bonchev–Trinajstić information content (AvgIpc) is 2.23. The summed E-state index contributed by atoms with van der Waals surface area (Å²) in [6, 6.07) is 1.80. The van der Waals surface area contributed by atoms with Crippen molar-refractivity contribution in [2.75, 3.05) is 19.0 Å². The minimum absolute atomic E-state index is 0.233. The Morgan fingerprint density at radius 1 is 1.33 bits per heavy atom. The standard InChI is InChI=1S/C9H11N5O/c1-13(2)6-4-5-10-8-7(6)11-12-14(3)9(8)15/h4-5H,1-3H3. The maximum atomic E-state index is 11.7. The van der Waals surface area contributed by atoms with Gasteiger partial charge in [-0.05, 0) is 6.07 Å². The molecule has 2 aromatic heterocycles. The van der Waals surface area contributed by atoms with Crippen molar-refractivity contribution in [3.8, 4) is 0 Å². The second-order valence-electron chi connectivity index (χ2n) is 3.44. The van der Waals surface area contributed by atoms with E-state index in [9.17, 15) is 4.79 Å². The number of nitrogens with zero attached hydrogens (tertiary/aromatic N) is 5. The highest BCUT2D eigenvalue weighted by Gasteiger charge is 2.09. The van der Waals surface area contributed by atoms with E-state index in [1.807, 2.05) is 19.0 Å². The van der Waals surface area contributed by atoms with Gasteiger partial charge < -0.3 is 4.90 Å². The van der Waals surface area contributed by atoms with Gasteiger partial charge in [0.1, 0.15) is 5.52 Å². The fourth-order valence-corrected chi connectivity index (χ4v) is 1.37. The second kappa shape index (κ2) is 3.30. The zero-order chi connectivity index (χ0) is 11.0. The molecule has 2 rings (SSSR count). The third-order valence-corrected chi connectivity index (χ3v) is 2.16. The molecule has 0 amide bonds. The summed E-state index contributed by atoms with van der Waals surface area (Å²) in [4.78, 5) is 17.6. The summed E-state index contributed by atoms with van der Waals surface area (Å²) >= 11 is 0. The Morgan fingerprint density at radius 3 is 2.73 bits per heavy atom. The van der Waals surface area contributed by atoms with E-state index in [1.165, 1.54) is 4.68 Å². The highest BCUT2D eigenvalue weighted by Crippen LogP contribution is 2.17. The van der Waals surface area contributed by atoms with Crippen LogP contribution in [0.4, 0.5) is 5.69 Å². The van der Waals surface area contributed by atoms with Crippen molar-refractivity contribution in [2.45, 2.75) is 0 Å². The number of rotatable bonds is 1. The third kappa shape index (κ3) is 1.43. The van der Waals surface area contributed by atoms with Crippen LogP contribution in [-0.2, 0) is 7.05 Å². The first-order valence-electron chi connectivity index (χ1n) is 4.47. The zero-order valence-electron chi connectivity index (χ0n) is 8.80. The summed E-state index contributed by atoms with van der Waals surface area (Å²) in [5, 5.41) is 7.71. The molecule has 2 heterocycles. The van der Waals surface area contributed by atoms with E-state index in [4.69, 9.17) is 0 Å². The molecule has 2 aromatic rings. The first-order chi connectivity index (χ1) is 7.11. The van der Waals surface area contributed by atoms with Crippen LogP contribution in [0.1, 0.15) is 0 Å². The van der Waals surface area contributed by atoms with Gasteiger partial charge in [0.15, 0.2) is 5.52 Å². The smallest absolute Gasteiger partial charge is 0.296 e. The summed E-state index contributed by atoms with van der Waals surface area (Å²) in [5.41, 5.74) is 1.48. The largest absolute Gasteiger partial charge is 0.376 e. The van der Waals surface area contributed by atoms with Crippen molar-refractivity contribution in [3.05, 3.63) is 22.6 Å². The van der Waals surface area contributed by atoms with Gasteiger partial charge in [0, 0.05) is 27.3 Å². The summed E-state index contributed by atoms with van der Waals surface area (Å²) in [6.45, 7) is 0. The molecular weight excluding hydrogens is 194 g/mol. The van der Waals surface area contributed by atoms with E-state index < -0.39 is 0 Å². The lowest BCUT2D eigenvalue weighted by atomic mass is 10.3. The lowest BCUT2D eigenvalue weighted by molar-refractivity contribution is 0.654. The molecule has 0 saturated carbocycles. The van der Waals surface area contributed by atoms with Crippen molar-refractivity contribution < 1.29 is 0 Å². The first kappa shape index (κ1) is 9.57. The molecule has 0 radical (unpaired) electrons. The summed E-state index contributed by atoms with van der Waals surface area (Å²) < 4.78 is 1.18. The Kier molecular flexibility index (Phi) is 2.11. The van der Waals surface area contributed by atoms with Gasteiger partial charge in [-0.25, -0.2) is 9.67 Å². The summed E-state index contributed by atoms with van der Waals surface area (Å²) in [6.07, 6.45) is 1.60. The van der Waals surface area contributed by atoms with Crippen molar-refractivity contribution in [3.63, 3.8) is 0 Å². The molecule has 15 heavy (non-hydrogen) atoms. The van der Waals surface area contributed by atoms with Crippen molar-refractivity contribution in [2.24, 2.45) is 7.05 Å². The molecule has 0 aliphatic carbocycles. The van der Waals surface area contributed by atoms with Crippen molar-refractivity contribution in [1.29, 1.82) is 0 Å². The molecule has 78 valence electrons. The summed E-state index contributed by atoms with van der Waals surface area (Å²) in [7, 11) is 5.32. The Hall–Kier alpha value is -1.98. The van der Waals surface area contributed by atoms with Crippen LogP contribution in [0.3, 0.4) is 0 Å². The number of hydrogen-bond donors (Lipinski definition) is 0. The normalized spacial score (nSPS) is 10.6. The minimum Gasteiger partial charge on any atom is -0.376 e. The van der Waals surface area contributed by atoms with Crippen LogP contribution in [-0.4, -0.2) is 34.1 Å². The first-order valence-corrected chi connectivity index (χ1v) is 4.47. The molecule has 6 heteroatoms. The molecular formula is C9H11N5O. The van der Waals surface area contributed by atoms with Crippen molar-refractivity contribution >= 4 is 16.7 Å². The monoisotopic (exact) mass is 205 g/mol. The maximum Gasteiger partial charge on any atom is 0.296 e. The van der Waals surface area contributed by atoms with Crippen LogP contribution in [0.2, 0.25) is 0 Å². The number of pyridine rings is 1. The van der Waals surface area contributed by atoms with E-state index in [0.717, 1.165) is 5.69 Å². The molecule has 0 aliphatic rings. The predicted octanol–water partition coefficient (Wildman–Crippen LogP) is -0.211. The van der Waals surface area contributed by atoms with E-state index in [2.05, 4.69) is 15.3 Å². The van der Waals surface area contributed by atoms with Crippen LogP contribution < -0.4 is 10.5 Å². The van der Waals surface area contributed by atoms with E-state index in [-0.39, 0.29) is 5.56 Å². The number of aryl methyl sites for hydroxylation is 1. The van der Waals surface area contributed by atoms with Crippen molar-refractivity contribution in [1.82, 2.24) is 20.0 Å². The van der Waals surface area contributed by atoms with Crippen LogP contribution in [0.5, 0.6) is 0 Å². The highest BCUT2D eigenvalue weighted by molar-refractivity contribution is 5.86. The Morgan fingerprint density at radius 2 is 2.07 bits per heavy atom. The lowest BCUT2D eigenvalue weighted by Gasteiger charge is -2.13. The zero-order valence-corrected chi connectivity index (χ0v) is 8.80. The molecule has 0 saturated heterocycles. The second-order valence-corrected chi connectivity index (χ2v) is 3.44. The fraction of sp³-hybridized carbons (Fsp3) is 0.333. The number of aromatic nitrogens is 4. The molecule has 0 spiro atoms. The third-order valence-electron chi connectivity index (χ3n) is 2.16. The predicted molar refractivity (Wildman–Crippen MR) is 56.9 cm³/mol. The Bertz CT molecular complexity index is 560. The molecule has 0 N–H and O–H groups in total. The molecule has 0 fully saturated rings. The van der Waals surface area contributed by atoms with Gasteiger partial charge in [0.25, 0.3) is 5.56 Å². The summed E-state index contributed by atoms with van der Waals surface area (Å²) in [5.74, 6) is 0. The maximum absolute atomic E-state index is 11.7. The Balaban J connectivity index is 2.90.